The summed E-state index contributed by atoms with van der Waals surface area (Å²) in [5, 5.41) is 9.61. The Morgan fingerprint density at radius 2 is 1.55 bits per heavy atom. The summed E-state index contributed by atoms with van der Waals surface area (Å²) in [5.74, 6) is 0.986. The van der Waals surface area contributed by atoms with Crippen LogP contribution in [0.5, 0.6) is 0 Å². The van der Waals surface area contributed by atoms with Crippen molar-refractivity contribution < 1.29 is 9.53 Å². The van der Waals surface area contributed by atoms with Gasteiger partial charge in [-0.3, -0.25) is 14.7 Å². The lowest BCUT2D eigenvalue weighted by Crippen LogP contribution is -2.43. The van der Waals surface area contributed by atoms with Crippen molar-refractivity contribution in [3.63, 3.8) is 0 Å². The summed E-state index contributed by atoms with van der Waals surface area (Å²) in [5.41, 5.74) is 2.23. The Morgan fingerprint density at radius 1 is 0.929 bits per heavy atom. The molecule has 1 aromatic heterocycles. The number of aromatic nitrogens is 1. The zero-order valence-corrected chi connectivity index (χ0v) is 27.3. The summed E-state index contributed by atoms with van der Waals surface area (Å²) in [7, 11) is 4.13. The highest BCUT2D eigenvalue weighted by atomic mass is 16.5. The Bertz CT molecular complexity index is 1150. The largest absolute Gasteiger partial charge is 0.474 e. The van der Waals surface area contributed by atoms with Crippen molar-refractivity contribution in [2.45, 2.75) is 72.7 Å². The maximum absolute atomic E-state index is 13.1. The Hall–Kier alpha value is -3.56. The molecule has 1 aromatic carbocycles. The number of anilines is 2. The number of nitrogens with one attached hydrogen (secondary N) is 3. The minimum atomic E-state index is -0.388. The van der Waals surface area contributed by atoms with Gasteiger partial charge in [0.25, 0.3) is 5.91 Å². The predicted molar refractivity (Wildman–Crippen MR) is 175 cm³/mol. The lowest BCUT2D eigenvalue weighted by Gasteiger charge is -2.32. The fourth-order valence-electron chi connectivity index (χ4n) is 4.49. The first-order valence-corrected chi connectivity index (χ1v) is 14.7. The number of carbonyl (C=O) groups excluding carboxylic acids is 1. The fraction of sp³-hybridized carbons (Fsp3) is 0.515. The second kappa shape index (κ2) is 16.2. The van der Waals surface area contributed by atoms with Crippen LogP contribution in [-0.4, -0.2) is 83.5 Å². The number of likely N-dealkylation sites (N-methyl/N-ethyl adjacent to an activating group) is 1. The van der Waals surface area contributed by atoms with Gasteiger partial charge in [0, 0.05) is 51.0 Å². The molecule has 0 aliphatic rings. The van der Waals surface area contributed by atoms with Crippen LogP contribution in [0.15, 0.2) is 67.5 Å². The molecule has 9 heteroatoms. The third kappa shape index (κ3) is 12.1. The lowest BCUT2D eigenvalue weighted by atomic mass is 10.2. The van der Waals surface area contributed by atoms with Gasteiger partial charge >= 0.3 is 0 Å². The maximum atomic E-state index is 13.1. The quantitative estimate of drug-likeness (QED) is 0.210. The van der Waals surface area contributed by atoms with Crippen molar-refractivity contribution >= 4 is 17.3 Å². The van der Waals surface area contributed by atoms with E-state index in [2.05, 4.69) is 90.6 Å². The Kier molecular flexibility index (Phi) is 13.3. The number of carbonyl (C=O) groups is 1. The van der Waals surface area contributed by atoms with Gasteiger partial charge in [-0.1, -0.05) is 24.8 Å². The molecular weight excluding hydrogens is 526 g/mol. The lowest BCUT2D eigenvalue weighted by molar-refractivity contribution is 0.0565. The van der Waals surface area contributed by atoms with E-state index in [1.807, 2.05) is 51.1 Å². The maximum Gasteiger partial charge on any atom is 0.274 e. The molecule has 42 heavy (non-hydrogen) atoms. The van der Waals surface area contributed by atoms with Gasteiger partial charge in [0.1, 0.15) is 11.3 Å². The fourth-order valence-corrected chi connectivity index (χ4v) is 4.49. The normalized spacial score (nSPS) is 11.6. The molecule has 0 radical (unpaired) electrons. The van der Waals surface area contributed by atoms with Gasteiger partial charge in [0.15, 0.2) is 5.88 Å². The smallest absolute Gasteiger partial charge is 0.274 e. The standard InChI is InChI=1S/C33H53N7O2/c1-24(2)40(25(3)4)19-18-34-26(5)39(21-20-38(10)11)23-28-16-17-31(35-22-28)32(41)37-30-15-13-12-14-29(30)36-27(6)42-33(7,8)9/h12-17,22,24-25,34,36H,5-6,18-21,23H2,1-4,7-11H3,(H,37,41). The van der Waals surface area contributed by atoms with Gasteiger partial charge in [-0.05, 0) is 92.9 Å². The van der Waals surface area contributed by atoms with Crippen molar-refractivity contribution in [3.05, 3.63) is 78.7 Å². The number of ether oxygens (including phenoxy) is 1. The molecule has 0 saturated heterocycles. The average molecular weight is 580 g/mol. The summed E-state index contributed by atoms with van der Waals surface area (Å²) in [6.07, 6.45) is 1.76. The van der Waals surface area contributed by atoms with Crippen molar-refractivity contribution in [1.82, 2.24) is 25.0 Å². The van der Waals surface area contributed by atoms with Crippen LogP contribution in [0.4, 0.5) is 11.4 Å². The van der Waals surface area contributed by atoms with Crippen LogP contribution in [0.2, 0.25) is 0 Å². The van der Waals surface area contributed by atoms with E-state index >= 15 is 0 Å². The van der Waals surface area contributed by atoms with Crippen LogP contribution < -0.4 is 16.0 Å². The average Bonchev–Trinajstić information content (AvgIpc) is 2.88. The zero-order valence-electron chi connectivity index (χ0n) is 27.3. The number of hydrogen-bond donors (Lipinski definition) is 3. The molecule has 0 fully saturated rings. The highest BCUT2D eigenvalue weighted by Gasteiger charge is 2.17. The zero-order chi connectivity index (χ0) is 31.4. The number of nitrogens with zero attached hydrogens (tertiary/aromatic N) is 4. The van der Waals surface area contributed by atoms with Crippen molar-refractivity contribution in [3.8, 4) is 0 Å². The summed E-state index contributed by atoms with van der Waals surface area (Å²) in [4.78, 5) is 24.4. The third-order valence-electron chi connectivity index (χ3n) is 6.53. The molecule has 0 saturated carbocycles. The van der Waals surface area contributed by atoms with E-state index in [1.54, 1.807) is 12.3 Å². The molecule has 0 bridgehead atoms. The van der Waals surface area contributed by atoms with Crippen molar-refractivity contribution in [2.24, 2.45) is 0 Å². The number of benzene rings is 1. The van der Waals surface area contributed by atoms with Crippen LogP contribution in [0, 0.1) is 0 Å². The number of para-hydroxylation sites is 2. The summed E-state index contributed by atoms with van der Waals surface area (Å²) < 4.78 is 5.78. The van der Waals surface area contributed by atoms with E-state index in [4.69, 9.17) is 4.74 Å². The molecular formula is C33H53N7O2. The molecule has 1 amide bonds. The van der Waals surface area contributed by atoms with Gasteiger partial charge in [0.2, 0.25) is 0 Å². The minimum absolute atomic E-state index is 0.298. The molecule has 2 aromatic rings. The molecule has 0 aliphatic carbocycles. The highest BCUT2D eigenvalue weighted by molar-refractivity contribution is 6.04. The van der Waals surface area contributed by atoms with Gasteiger partial charge < -0.3 is 30.5 Å². The van der Waals surface area contributed by atoms with Crippen LogP contribution in [0.1, 0.15) is 64.5 Å². The molecule has 9 nitrogen and oxygen atoms in total. The minimum Gasteiger partial charge on any atom is -0.474 e. The Balaban J connectivity index is 2.05. The van der Waals surface area contributed by atoms with Gasteiger partial charge in [-0.2, -0.15) is 0 Å². The molecule has 232 valence electrons. The number of rotatable bonds is 17. The van der Waals surface area contributed by atoms with Crippen LogP contribution in [-0.2, 0) is 11.3 Å². The summed E-state index contributed by atoms with van der Waals surface area (Å²) in [6, 6.07) is 12.1. The monoisotopic (exact) mass is 579 g/mol. The topological polar surface area (TPSA) is 85.0 Å². The molecule has 0 unspecified atom stereocenters. The first-order chi connectivity index (χ1) is 19.7. The van der Waals surface area contributed by atoms with Crippen LogP contribution in [0.3, 0.4) is 0 Å². The molecule has 0 aliphatic heterocycles. The Morgan fingerprint density at radius 3 is 2.07 bits per heavy atom. The van der Waals surface area contributed by atoms with Gasteiger partial charge in [0.05, 0.1) is 17.2 Å². The number of amides is 1. The van der Waals surface area contributed by atoms with Gasteiger partial charge in [-0.25, -0.2) is 0 Å². The number of hydrogen-bond acceptors (Lipinski definition) is 8. The van der Waals surface area contributed by atoms with Crippen molar-refractivity contribution in [2.75, 3.05) is 50.9 Å². The predicted octanol–water partition coefficient (Wildman–Crippen LogP) is 5.58. The third-order valence-corrected chi connectivity index (χ3v) is 6.53. The SMILES string of the molecule is C=C(Nc1ccccc1NC(=O)c1ccc(CN(CCN(C)C)C(=C)NCCN(C(C)C)C(C)C)cn1)OC(C)(C)C. The summed E-state index contributed by atoms with van der Waals surface area (Å²) >= 11 is 0. The van der Waals surface area contributed by atoms with E-state index in [0.717, 1.165) is 37.6 Å². The van der Waals surface area contributed by atoms with E-state index in [1.165, 1.54) is 0 Å². The second-order valence-corrected chi connectivity index (χ2v) is 12.3. The molecule has 3 N–H and O–H groups in total. The van der Waals surface area contributed by atoms with Crippen LogP contribution >= 0.6 is 0 Å². The molecule has 1 heterocycles. The first-order valence-electron chi connectivity index (χ1n) is 14.7. The molecule has 0 atom stereocenters. The van der Waals surface area contributed by atoms with E-state index < -0.39 is 0 Å². The number of pyridine rings is 1. The van der Waals surface area contributed by atoms with E-state index in [0.29, 0.717) is 41.6 Å². The van der Waals surface area contributed by atoms with E-state index in [-0.39, 0.29) is 11.5 Å². The molecule has 2 rings (SSSR count). The Labute approximate surface area is 254 Å². The highest BCUT2D eigenvalue weighted by Crippen LogP contribution is 2.24. The second-order valence-electron chi connectivity index (χ2n) is 12.3. The van der Waals surface area contributed by atoms with Crippen molar-refractivity contribution in [1.29, 1.82) is 0 Å². The van der Waals surface area contributed by atoms with Crippen LogP contribution in [0.25, 0.3) is 0 Å². The van der Waals surface area contributed by atoms with Gasteiger partial charge in [-0.15, -0.1) is 0 Å². The molecule has 0 spiro atoms. The van der Waals surface area contributed by atoms with E-state index in [9.17, 15) is 4.79 Å². The first kappa shape index (κ1) is 34.6. The summed E-state index contributed by atoms with van der Waals surface area (Å²) in [6.45, 7) is 27.1.